The molecule has 3 rings (SSSR count). The van der Waals surface area contributed by atoms with Crippen LogP contribution in [-0.2, 0) is 16.1 Å². The number of carbonyl (C=O) groups is 1. The SMILES string of the molecule is O=C(NCc1ccnc(OCC(F)(F)F)c1)C1CC12CCOCC2. The molecule has 2 aliphatic rings. The lowest BCUT2D eigenvalue weighted by molar-refractivity contribution is -0.154. The molecule has 1 unspecified atom stereocenters. The Bertz CT molecular complexity index is 600. The molecule has 2 heterocycles. The normalized spacial score (nSPS) is 22.2. The lowest BCUT2D eigenvalue weighted by Gasteiger charge is -2.22. The Morgan fingerprint density at radius 2 is 2.17 bits per heavy atom. The van der Waals surface area contributed by atoms with Crippen LogP contribution in [-0.4, -0.2) is 36.9 Å². The van der Waals surface area contributed by atoms with E-state index in [4.69, 9.17) is 4.74 Å². The molecule has 0 bridgehead atoms. The highest BCUT2D eigenvalue weighted by Gasteiger charge is 2.57. The Morgan fingerprint density at radius 1 is 1.42 bits per heavy atom. The minimum Gasteiger partial charge on any atom is -0.468 e. The van der Waals surface area contributed by atoms with E-state index in [1.165, 1.54) is 12.3 Å². The first-order valence-electron chi connectivity index (χ1n) is 7.88. The van der Waals surface area contributed by atoms with Gasteiger partial charge in [0.05, 0.1) is 0 Å². The summed E-state index contributed by atoms with van der Waals surface area (Å²) in [7, 11) is 0. The molecule has 24 heavy (non-hydrogen) atoms. The number of alkyl halides is 3. The molecule has 0 radical (unpaired) electrons. The number of nitrogens with one attached hydrogen (secondary N) is 1. The fraction of sp³-hybridized carbons (Fsp3) is 0.625. The molecule has 0 aromatic carbocycles. The third-order valence-corrected chi connectivity index (χ3v) is 4.64. The number of ether oxygens (including phenoxy) is 2. The highest BCUT2D eigenvalue weighted by molar-refractivity contribution is 5.82. The van der Waals surface area contributed by atoms with Crippen LogP contribution in [0.5, 0.6) is 5.88 Å². The lowest BCUT2D eigenvalue weighted by Crippen LogP contribution is -2.29. The Morgan fingerprint density at radius 3 is 2.88 bits per heavy atom. The van der Waals surface area contributed by atoms with Crippen molar-refractivity contribution in [2.24, 2.45) is 11.3 Å². The van der Waals surface area contributed by atoms with Gasteiger partial charge in [-0.05, 0) is 36.3 Å². The van der Waals surface area contributed by atoms with Crippen LogP contribution in [0.15, 0.2) is 18.3 Å². The van der Waals surface area contributed by atoms with Crippen LogP contribution in [0, 0.1) is 11.3 Å². The summed E-state index contributed by atoms with van der Waals surface area (Å²) in [6, 6.07) is 3.04. The van der Waals surface area contributed by atoms with Crippen LogP contribution in [0.4, 0.5) is 13.2 Å². The topological polar surface area (TPSA) is 60.5 Å². The van der Waals surface area contributed by atoms with E-state index in [0.717, 1.165) is 19.3 Å². The number of aromatic nitrogens is 1. The fourth-order valence-corrected chi connectivity index (χ4v) is 3.16. The molecule has 1 aromatic rings. The molecule has 1 aliphatic carbocycles. The maximum absolute atomic E-state index is 12.2. The van der Waals surface area contributed by atoms with E-state index < -0.39 is 12.8 Å². The molecule has 1 saturated carbocycles. The van der Waals surface area contributed by atoms with E-state index >= 15 is 0 Å². The van der Waals surface area contributed by atoms with Crippen molar-refractivity contribution in [1.29, 1.82) is 0 Å². The van der Waals surface area contributed by atoms with Crippen LogP contribution < -0.4 is 10.1 Å². The first kappa shape index (κ1) is 17.0. The van der Waals surface area contributed by atoms with Crippen molar-refractivity contribution in [3.05, 3.63) is 23.9 Å². The van der Waals surface area contributed by atoms with Gasteiger partial charge < -0.3 is 14.8 Å². The second-order valence-electron chi connectivity index (χ2n) is 6.36. The molecular weight excluding hydrogens is 325 g/mol. The maximum atomic E-state index is 12.2. The molecule has 1 saturated heterocycles. The van der Waals surface area contributed by atoms with Crippen molar-refractivity contribution in [1.82, 2.24) is 10.3 Å². The summed E-state index contributed by atoms with van der Waals surface area (Å²) in [4.78, 5) is 16.0. The smallest absolute Gasteiger partial charge is 0.422 e. The van der Waals surface area contributed by atoms with Crippen LogP contribution in [0.25, 0.3) is 0 Å². The Balaban J connectivity index is 1.49. The van der Waals surface area contributed by atoms with Gasteiger partial charge in [-0.3, -0.25) is 4.79 Å². The van der Waals surface area contributed by atoms with Crippen molar-refractivity contribution >= 4 is 5.91 Å². The second kappa shape index (κ2) is 6.58. The number of nitrogens with zero attached hydrogens (tertiary/aromatic N) is 1. The first-order chi connectivity index (χ1) is 11.4. The lowest BCUT2D eigenvalue weighted by atomic mass is 9.93. The molecule has 1 spiro atoms. The number of hydrogen-bond acceptors (Lipinski definition) is 4. The maximum Gasteiger partial charge on any atom is 0.422 e. The third-order valence-electron chi connectivity index (χ3n) is 4.64. The van der Waals surface area contributed by atoms with Gasteiger partial charge in [-0.25, -0.2) is 4.98 Å². The zero-order valence-corrected chi connectivity index (χ0v) is 13.1. The fourth-order valence-electron chi connectivity index (χ4n) is 3.16. The van der Waals surface area contributed by atoms with Gasteiger partial charge in [0.15, 0.2) is 6.61 Å². The van der Waals surface area contributed by atoms with Gasteiger partial charge >= 0.3 is 6.18 Å². The van der Waals surface area contributed by atoms with Gasteiger partial charge in [-0.1, -0.05) is 0 Å². The van der Waals surface area contributed by atoms with Gasteiger partial charge in [0.2, 0.25) is 11.8 Å². The minimum absolute atomic E-state index is 0.00790. The van der Waals surface area contributed by atoms with Gasteiger partial charge in [0.25, 0.3) is 0 Å². The molecule has 1 atom stereocenters. The van der Waals surface area contributed by atoms with Crippen molar-refractivity contribution < 1.29 is 27.4 Å². The molecule has 132 valence electrons. The summed E-state index contributed by atoms with van der Waals surface area (Å²) < 4.78 is 46.4. The molecular formula is C16H19F3N2O3. The van der Waals surface area contributed by atoms with Crippen LogP contribution in [0.1, 0.15) is 24.8 Å². The molecule has 1 aliphatic heterocycles. The van der Waals surface area contributed by atoms with Gasteiger partial charge in [0.1, 0.15) is 0 Å². The van der Waals surface area contributed by atoms with E-state index in [2.05, 4.69) is 15.0 Å². The quantitative estimate of drug-likeness (QED) is 0.891. The van der Waals surface area contributed by atoms with Crippen molar-refractivity contribution in [3.63, 3.8) is 0 Å². The largest absolute Gasteiger partial charge is 0.468 e. The second-order valence-corrected chi connectivity index (χ2v) is 6.36. The predicted molar refractivity (Wildman–Crippen MR) is 78.2 cm³/mol. The monoisotopic (exact) mass is 344 g/mol. The minimum atomic E-state index is -4.41. The Labute approximate surface area is 137 Å². The predicted octanol–water partition coefficient (Wildman–Crippen LogP) is 2.46. The van der Waals surface area contributed by atoms with E-state index in [0.29, 0.717) is 18.8 Å². The number of amides is 1. The number of rotatable bonds is 5. The average molecular weight is 344 g/mol. The Kier molecular flexibility index (Phi) is 4.67. The number of pyridine rings is 1. The molecule has 1 amide bonds. The summed E-state index contributed by atoms with van der Waals surface area (Å²) >= 11 is 0. The van der Waals surface area contributed by atoms with Crippen LogP contribution in [0.3, 0.4) is 0 Å². The molecule has 2 fully saturated rings. The van der Waals surface area contributed by atoms with Gasteiger partial charge in [0, 0.05) is 37.9 Å². The number of halogens is 3. The van der Waals surface area contributed by atoms with Gasteiger partial charge in [-0.2, -0.15) is 13.2 Å². The zero-order valence-electron chi connectivity index (χ0n) is 13.1. The standard InChI is InChI=1S/C16H19F3N2O3/c17-16(18,19)10-24-13-7-11(1-4-20-13)9-21-14(22)12-8-15(12)2-5-23-6-3-15/h1,4,7,12H,2-3,5-6,8-10H2,(H,21,22). The van der Waals surface area contributed by atoms with Crippen molar-refractivity contribution in [2.75, 3.05) is 19.8 Å². The van der Waals surface area contributed by atoms with Crippen molar-refractivity contribution in [2.45, 2.75) is 32.0 Å². The third kappa shape index (κ3) is 4.17. The van der Waals surface area contributed by atoms with Crippen LogP contribution in [0.2, 0.25) is 0 Å². The first-order valence-corrected chi connectivity index (χ1v) is 7.88. The summed E-state index contributed by atoms with van der Waals surface area (Å²) in [5.41, 5.74) is 0.749. The number of hydrogen-bond donors (Lipinski definition) is 1. The molecule has 1 N–H and O–H groups in total. The van der Waals surface area contributed by atoms with Crippen molar-refractivity contribution in [3.8, 4) is 5.88 Å². The number of carbonyl (C=O) groups excluding carboxylic acids is 1. The average Bonchev–Trinajstić information content (AvgIpc) is 3.24. The van der Waals surface area contributed by atoms with E-state index in [-0.39, 0.29) is 29.7 Å². The summed E-state index contributed by atoms with van der Waals surface area (Å²) in [5, 5.41) is 2.85. The summed E-state index contributed by atoms with van der Waals surface area (Å²) in [6.45, 7) is 0.261. The highest BCUT2D eigenvalue weighted by atomic mass is 19.4. The molecule has 8 heteroatoms. The van der Waals surface area contributed by atoms with E-state index in [1.54, 1.807) is 6.07 Å². The highest BCUT2D eigenvalue weighted by Crippen LogP contribution is 2.59. The zero-order chi connectivity index (χ0) is 17.2. The van der Waals surface area contributed by atoms with Gasteiger partial charge in [-0.15, -0.1) is 0 Å². The van der Waals surface area contributed by atoms with E-state index in [1.807, 2.05) is 0 Å². The molecule has 5 nitrogen and oxygen atoms in total. The molecule has 1 aromatic heterocycles. The summed E-state index contributed by atoms with van der Waals surface area (Å²) in [5.74, 6) is -0.0953. The Hall–Kier alpha value is -1.83. The summed E-state index contributed by atoms with van der Waals surface area (Å²) in [6.07, 6.45) is -0.329. The van der Waals surface area contributed by atoms with Crippen LogP contribution >= 0.6 is 0 Å². The van der Waals surface area contributed by atoms with E-state index in [9.17, 15) is 18.0 Å².